The van der Waals surface area contributed by atoms with Gasteiger partial charge in [-0.05, 0) is 37.8 Å². The van der Waals surface area contributed by atoms with Crippen LogP contribution in [0.2, 0.25) is 0 Å². The summed E-state index contributed by atoms with van der Waals surface area (Å²) >= 11 is 0. The first-order chi connectivity index (χ1) is 11.0. The molecule has 2 aliphatic rings. The molecule has 7 heteroatoms. The van der Waals surface area contributed by atoms with Crippen LogP contribution in [0.3, 0.4) is 0 Å². The standard InChI is InChI=1S/C16H18F2N4O/c1-16(14(17)18)4-2-5-21-6-3-13(22(21)15(16)23)12-7-11(8-19)9-20-10-12/h7,9-10,13-14H,2-6H2,1H3/t13?,16-/m1/s1. The molecule has 2 saturated heterocycles. The second kappa shape index (κ2) is 5.85. The van der Waals surface area contributed by atoms with Crippen LogP contribution in [0, 0.1) is 16.7 Å². The largest absolute Gasteiger partial charge is 0.273 e. The SMILES string of the molecule is C[C@]1(C(F)F)CCCN2CCC(c3cncc(C#N)c3)N2C1=O. The molecule has 23 heavy (non-hydrogen) atoms. The van der Waals surface area contributed by atoms with Crippen molar-refractivity contribution in [2.24, 2.45) is 5.41 Å². The Morgan fingerprint density at radius 1 is 1.43 bits per heavy atom. The third kappa shape index (κ3) is 2.57. The average molecular weight is 320 g/mol. The van der Waals surface area contributed by atoms with Crippen LogP contribution in [0.1, 0.15) is 43.4 Å². The highest BCUT2D eigenvalue weighted by molar-refractivity contribution is 5.83. The topological polar surface area (TPSA) is 60.2 Å². The van der Waals surface area contributed by atoms with Crippen molar-refractivity contribution in [3.63, 3.8) is 0 Å². The van der Waals surface area contributed by atoms with Gasteiger partial charge >= 0.3 is 0 Å². The van der Waals surface area contributed by atoms with Gasteiger partial charge in [-0.25, -0.2) is 13.8 Å². The van der Waals surface area contributed by atoms with Crippen LogP contribution in [0.15, 0.2) is 18.5 Å². The Morgan fingerprint density at radius 3 is 2.91 bits per heavy atom. The molecule has 3 rings (SSSR count). The van der Waals surface area contributed by atoms with Crippen molar-refractivity contribution in [2.75, 3.05) is 13.1 Å². The van der Waals surface area contributed by atoms with Gasteiger partial charge in [0, 0.05) is 25.5 Å². The third-order valence-electron chi connectivity index (χ3n) is 4.82. The summed E-state index contributed by atoms with van der Waals surface area (Å²) in [5, 5.41) is 12.4. The zero-order valence-corrected chi connectivity index (χ0v) is 12.9. The van der Waals surface area contributed by atoms with E-state index >= 15 is 0 Å². The van der Waals surface area contributed by atoms with Gasteiger partial charge in [0.25, 0.3) is 6.43 Å². The van der Waals surface area contributed by atoms with E-state index in [1.807, 2.05) is 11.1 Å². The summed E-state index contributed by atoms with van der Waals surface area (Å²) in [6, 6.07) is 3.37. The molecule has 0 aromatic carbocycles. The first-order valence-electron chi connectivity index (χ1n) is 7.69. The molecule has 3 heterocycles. The second-order valence-electron chi connectivity index (χ2n) is 6.35. The lowest BCUT2D eigenvalue weighted by Crippen LogP contribution is -2.49. The quantitative estimate of drug-likeness (QED) is 0.840. The van der Waals surface area contributed by atoms with Gasteiger partial charge in [0.1, 0.15) is 11.5 Å². The highest BCUT2D eigenvalue weighted by atomic mass is 19.3. The molecule has 0 spiro atoms. The zero-order valence-electron chi connectivity index (χ0n) is 12.9. The molecule has 1 aromatic rings. The maximum atomic E-state index is 13.5. The van der Waals surface area contributed by atoms with E-state index in [-0.39, 0.29) is 12.5 Å². The Morgan fingerprint density at radius 2 is 2.22 bits per heavy atom. The average Bonchev–Trinajstić information content (AvgIpc) is 2.92. The Hall–Kier alpha value is -2.07. The van der Waals surface area contributed by atoms with Gasteiger partial charge < -0.3 is 0 Å². The molecule has 1 amide bonds. The number of halogens is 2. The van der Waals surface area contributed by atoms with Crippen molar-refractivity contribution in [3.05, 3.63) is 29.6 Å². The molecule has 2 aliphatic heterocycles. The first kappa shape index (κ1) is 15.8. The number of hydrogen-bond acceptors (Lipinski definition) is 4. The van der Waals surface area contributed by atoms with Gasteiger partial charge in [0.2, 0.25) is 5.91 Å². The van der Waals surface area contributed by atoms with Crippen molar-refractivity contribution in [3.8, 4) is 6.07 Å². The number of fused-ring (bicyclic) bond motifs is 1. The molecule has 0 N–H and O–H groups in total. The number of pyridine rings is 1. The molecule has 0 radical (unpaired) electrons. The number of hydrogen-bond donors (Lipinski definition) is 0. The van der Waals surface area contributed by atoms with E-state index in [9.17, 15) is 13.6 Å². The van der Waals surface area contributed by atoms with Crippen LogP contribution in [-0.2, 0) is 4.79 Å². The molecule has 0 aliphatic carbocycles. The summed E-state index contributed by atoms with van der Waals surface area (Å²) in [5.74, 6) is -0.533. The predicted molar refractivity (Wildman–Crippen MR) is 78.1 cm³/mol. The summed E-state index contributed by atoms with van der Waals surface area (Å²) in [6.45, 7) is 2.59. The number of carbonyl (C=O) groups excluding carboxylic acids is 1. The Labute approximate surface area is 133 Å². The van der Waals surface area contributed by atoms with Gasteiger partial charge in [-0.1, -0.05) is 0 Å². The van der Waals surface area contributed by atoms with Crippen molar-refractivity contribution in [1.82, 2.24) is 15.0 Å². The first-order valence-corrected chi connectivity index (χ1v) is 7.69. The summed E-state index contributed by atoms with van der Waals surface area (Å²) in [7, 11) is 0. The van der Waals surface area contributed by atoms with E-state index in [1.165, 1.54) is 18.1 Å². The number of nitriles is 1. The number of rotatable bonds is 2. The van der Waals surface area contributed by atoms with Crippen LogP contribution < -0.4 is 0 Å². The molecule has 0 saturated carbocycles. The van der Waals surface area contributed by atoms with E-state index in [2.05, 4.69) is 4.98 Å². The summed E-state index contributed by atoms with van der Waals surface area (Å²) in [6.07, 6.45) is 1.75. The summed E-state index contributed by atoms with van der Waals surface area (Å²) in [4.78, 5) is 16.9. The minimum atomic E-state index is -2.69. The minimum absolute atomic E-state index is 0.180. The highest BCUT2D eigenvalue weighted by Crippen LogP contribution is 2.42. The molecule has 2 atom stereocenters. The molecule has 2 fully saturated rings. The van der Waals surface area contributed by atoms with Crippen molar-refractivity contribution in [2.45, 2.75) is 38.7 Å². The van der Waals surface area contributed by atoms with Crippen molar-refractivity contribution >= 4 is 5.91 Å². The molecule has 1 aromatic heterocycles. The Balaban J connectivity index is 1.98. The monoisotopic (exact) mass is 320 g/mol. The van der Waals surface area contributed by atoms with Crippen LogP contribution >= 0.6 is 0 Å². The van der Waals surface area contributed by atoms with Gasteiger partial charge in [-0.2, -0.15) is 5.26 Å². The van der Waals surface area contributed by atoms with Crippen LogP contribution in [0.4, 0.5) is 8.78 Å². The van der Waals surface area contributed by atoms with Gasteiger partial charge in [0.05, 0.1) is 11.6 Å². The lowest BCUT2D eigenvalue weighted by atomic mass is 9.84. The number of hydrazine groups is 1. The number of amides is 1. The Kier molecular flexibility index (Phi) is 4.02. The van der Waals surface area contributed by atoms with Crippen molar-refractivity contribution in [1.29, 1.82) is 5.26 Å². The normalized spacial score (nSPS) is 28.6. The minimum Gasteiger partial charge on any atom is -0.273 e. The van der Waals surface area contributed by atoms with E-state index in [0.29, 0.717) is 31.5 Å². The summed E-state index contributed by atoms with van der Waals surface area (Å²) in [5.41, 5.74) is -0.532. The summed E-state index contributed by atoms with van der Waals surface area (Å²) < 4.78 is 27.0. The van der Waals surface area contributed by atoms with Crippen LogP contribution in [0.5, 0.6) is 0 Å². The Bertz CT molecular complexity index is 660. The van der Waals surface area contributed by atoms with Crippen LogP contribution in [-0.4, -0.2) is 40.4 Å². The van der Waals surface area contributed by atoms with Gasteiger partial charge in [-0.15, -0.1) is 0 Å². The fraction of sp³-hybridized carbons (Fsp3) is 0.562. The maximum Gasteiger partial charge on any atom is 0.252 e. The zero-order chi connectivity index (χ0) is 16.6. The van der Waals surface area contributed by atoms with Gasteiger partial charge in [0.15, 0.2) is 0 Å². The number of nitrogens with zero attached hydrogens (tertiary/aromatic N) is 4. The van der Waals surface area contributed by atoms with Crippen LogP contribution in [0.25, 0.3) is 0 Å². The molecule has 122 valence electrons. The van der Waals surface area contributed by atoms with E-state index in [1.54, 1.807) is 12.3 Å². The predicted octanol–water partition coefficient (Wildman–Crippen LogP) is 2.51. The maximum absolute atomic E-state index is 13.5. The third-order valence-corrected chi connectivity index (χ3v) is 4.82. The lowest BCUT2D eigenvalue weighted by Gasteiger charge is -2.35. The van der Waals surface area contributed by atoms with E-state index in [4.69, 9.17) is 5.26 Å². The second-order valence-corrected chi connectivity index (χ2v) is 6.35. The van der Waals surface area contributed by atoms with E-state index in [0.717, 1.165) is 5.56 Å². The molecular formula is C16H18F2N4O. The lowest BCUT2D eigenvalue weighted by molar-refractivity contribution is -0.164. The smallest absolute Gasteiger partial charge is 0.252 e. The highest BCUT2D eigenvalue weighted by Gasteiger charge is 2.51. The molecular weight excluding hydrogens is 302 g/mol. The molecule has 0 bridgehead atoms. The van der Waals surface area contributed by atoms with Crippen molar-refractivity contribution < 1.29 is 13.6 Å². The van der Waals surface area contributed by atoms with E-state index < -0.39 is 17.7 Å². The number of aromatic nitrogens is 1. The van der Waals surface area contributed by atoms with Gasteiger partial charge in [-0.3, -0.25) is 14.8 Å². The fourth-order valence-electron chi connectivity index (χ4n) is 3.40. The fourth-order valence-corrected chi connectivity index (χ4v) is 3.40. The number of carbonyl (C=O) groups is 1. The number of alkyl halides is 2. The molecule has 1 unspecified atom stereocenters. The molecule has 5 nitrogen and oxygen atoms in total.